The molecule has 0 fully saturated rings. The number of ether oxygens (including phenoxy) is 1. The van der Waals surface area contributed by atoms with Crippen molar-refractivity contribution in [3.63, 3.8) is 0 Å². The van der Waals surface area contributed by atoms with Crippen molar-refractivity contribution in [3.8, 4) is 17.1 Å². The molecule has 2 N–H and O–H groups in total. The van der Waals surface area contributed by atoms with Crippen molar-refractivity contribution in [2.24, 2.45) is 0 Å². The standard InChI is InChI=1S/C20H18BrFN4O4/c1-12(29-14-6-4-5-13(21)11-14)18(27)23-9-10-24-19(28)20-25-17(26-30-20)15-7-2-3-8-16(15)22/h2-8,11-12H,9-10H2,1H3,(H,23,27)(H,24,28)/t12-/m1/s1. The number of hydrogen-bond donors (Lipinski definition) is 2. The van der Waals surface area contributed by atoms with E-state index in [0.29, 0.717) is 5.75 Å². The van der Waals surface area contributed by atoms with Crippen LogP contribution in [0.25, 0.3) is 11.4 Å². The van der Waals surface area contributed by atoms with E-state index in [1.54, 1.807) is 31.2 Å². The highest BCUT2D eigenvalue weighted by Gasteiger charge is 2.18. The Labute approximate surface area is 179 Å². The average molecular weight is 477 g/mol. The van der Waals surface area contributed by atoms with Gasteiger partial charge in [0, 0.05) is 17.6 Å². The third-order valence-corrected chi connectivity index (χ3v) is 4.42. The summed E-state index contributed by atoms with van der Waals surface area (Å²) < 4.78 is 25.0. The number of halogens is 2. The molecular weight excluding hydrogens is 459 g/mol. The molecule has 0 aliphatic rings. The lowest BCUT2D eigenvalue weighted by molar-refractivity contribution is -0.127. The Morgan fingerprint density at radius 3 is 2.70 bits per heavy atom. The van der Waals surface area contributed by atoms with Crippen molar-refractivity contribution in [2.75, 3.05) is 13.1 Å². The van der Waals surface area contributed by atoms with E-state index >= 15 is 0 Å². The normalized spacial score (nSPS) is 11.6. The first-order valence-corrected chi connectivity index (χ1v) is 9.80. The summed E-state index contributed by atoms with van der Waals surface area (Å²) in [5, 5.41) is 8.81. The van der Waals surface area contributed by atoms with Crippen LogP contribution in [0.3, 0.4) is 0 Å². The quantitative estimate of drug-likeness (QED) is 0.484. The molecule has 2 aromatic carbocycles. The van der Waals surface area contributed by atoms with Gasteiger partial charge in [0.2, 0.25) is 5.82 Å². The van der Waals surface area contributed by atoms with Gasteiger partial charge in [0.25, 0.3) is 5.91 Å². The van der Waals surface area contributed by atoms with Crippen LogP contribution in [-0.2, 0) is 4.79 Å². The van der Waals surface area contributed by atoms with Gasteiger partial charge < -0.3 is 19.9 Å². The summed E-state index contributed by atoms with van der Waals surface area (Å²) in [5.41, 5.74) is 0.131. The molecule has 0 radical (unpaired) electrons. The molecule has 3 rings (SSSR count). The van der Waals surface area contributed by atoms with Crippen LogP contribution >= 0.6 is 15.9 Å². The topological polar surface area (TPSA) is 106 Å². The number of amides is 2. The summed E-state index contributed by atoms with van der Waals surface area (Å²) in [6.07, 6.45) is -0.714. The largest absolute Gasteiger partial charge is 0.481 e. The fourth-order valence-corrected chi connectivity index (χ4v) is 2.82. The van der Waals surface area contributed by atoms with Crippen LogP contribution in [0.4, 0.5) is 4.39 Å². The highest BCUT2D eigenvalue weighted by Crippen LogP contribution is 2.19. The van der Waals surface area contributed by atoms with Gasteiger partial charge in [-0.05, 0) is 37.3 Å². The predicted molar refractivity (Wildman–Crippen MR) is 109 cm³/mol. The predicted octanol–water partition coefficient (Wildman–Crippen LogP) is 2.95. The lowest BCUT2D eigenvalue weighted by Gasteiger charge is -2.15. The Bertz CT molecular complexity index is 1040. The Morgan fingerprint density at radius 1 is 1.17 bits per heavy atom. The van der Waals surface area contributed by atoms with E-state index in [1.165, 1.54) is 18.2 Å². The van der Waals surface area contributed by atoms with Crippen LogP contribution in [0.1, 0.15) is 17.6 Å². The van der Waals surface area contributed by atoms with E-state index in [1.807, 2.05) is 6.07 Å². The summed E-state index contributed by atoms with van der Waals surface area (Å²) in [5.74, 6) is -1.24. The molecule has 0 saturated carbocycles. The number of hydrogen-bond acceptors (Lipinski definition) is 6. The summed E-state index contributed by atoms with van der Waals surface area (Å²) in [6, 6.07) is 13.0. The van der Waals surface area contributed by atoms with Crippen LogP contribution in [0.5, 0.6) is 5.75 Å². The first-order valence-electron chi connectivity index (χ1n) is 9.01. The van der Waals surface area contributed by atoms with Gasteiger partial charge in [-0.1, -0.05) is 39.3 Å². The number of nitrogens with one attached hydrogen (secondary N) is 2. The first kappa shape index (κ1) is 21.4. The SMILES string of the molecule is C[C@@H](Oc1cccc(Br)c1)C(=O)NCCNC(=O)c1nc(-c2ccccc2F)no1. The highest BCUT2D eigenvalue weighted by molar-refractivity contribution is 9.10. The zero-order chi connectivity index (χ0) is 21.5. The smallest absolute Gasteiger partial charge is 0.316 e. The van der Waals surface area contributed by atoms with Crippen LogP contribution in [0.2, 0.25) is 0 Å². The van der Waals surface area contributed by atoms with E-state index in [2.05, 4.69) is 36.7 Å². The molecule has 0 unspecified atom stereocenters. The van der Waals surface area contributed by atoms with Gasteiger partial charge in [0.15, 0.2) is 6.10 Å². The van der Waals surface area contributed by atoms with Crippen molar-refractivity contribution in [1.82, 2.24) is 20.8 Å². The second-order valence-electron chi connectivity index (χ2n) is 6.17. The van der Waals surface area contributed by atoms with Gasteiger partial charge in [-0.3, -0.25) is 9.59 Å². The molecule has 0 aliphatic heterocycles. The molecule has 2 amide bonds. The van der Waals surface area contributed by atoms with Crippen molar-refractivity contribution < 1.29 is 23.2 Å². The second-order valence-corrected chi connectivity index (χ2v) is 7.08. The summed E-state index contributed by atoms with van der Waals surface area (Å²) >= 11 is 3.33. The number of carbonyl (C=O) groups is 2. The van der Waals surface area contributed by atoms with Crippen molar-refractivity contribution >= 4 is 27.7 Å². The maximum absolute atomic E-state index is 13.8. The number of carbonyl (C=O) groups excluding carboxylic acids is 2. The molecular formula is C20H18BrFN4O4. The molecule has 156 valence electrons. The fourth-order valence-electron chi connectivity index (χ4n) is 2.45. The molecule has 1 atom stereocenters. The molecule has 0 saturated heterocycles. The van der Waals surface area contributed by atoms with Gasteiger partial charge in [-0.15, -0.1) is 0 Å². The molecule has 1 heterocycles. The van der Waals surface area contributed by atoms with E-state index in [-0.39, 0.29) is 36.3 Å². The maximum atomic E-state index is 13.8. The Kier molecular flexibility index (Phi) is 7.12. The number of nitrogens with zero attached hydrogens (tertiary/aromatic N) is 2. The number of benzene rings is 2. The zero-order valence-electron chi connectivity index (χ0n) is 15.9. The molecule has 30 heavy (non-hydrogen) atoms. The van der Waals surface area contributed by atoms with Gasteiger partial charge in [-0.2, -0.15) is 4.98 Å². The third kappa shape index (κ3) is 5.63. The minimum absolute atomic E-state index is 0.0231. The summed E-state index contributed by atoms with van der Waals surface area (Å²) in [7, 11) is 0. The first-order chi connectivity index (χ1) is 14.4. The van der Waals surface area contributed by atoms with Gasteiger partial charge in [0.1, 0.15) is 11.6 Å². The van der Waals surface area contributed by atoms with Crippen molar-refractivity contribution in [3.05, 3.63) is 64.7 Å². The lowest BCUT2D eigenvalue weighted by Crippen LogP contribution is -2.40. The average Bonchev–Trinajstić information content (AvgIpc) is 3.21. The van der Waals surface area contributed by atoms with Gasteiger partial charge in [0.05, 0.1) is 5.56 Å². The molecule has 8 nitrogen and oxygen atoms in total. The van der Waals surface area contributed by atoms with Crippen LogP contribution in [-0.4, -0.2) is 41.1 Å². The van der Waals surface area contributed by atoms with Crippen molar-refractivity contribution in [2.45, 2.75) is 13.0 Å². The van der Waals surface area contributed by atoms with E-state index in [4.69, 9.17) is 9.26 Å². The Morgan fingerprint density at radius 2 is 1.93 bits per heavy atom. The second kappa shape index (κ2) is 9.97. The van der Waals surface area contributed by atoms with E-state index in [9.17, 15) is 14.0 Å². The van der Waals surface area contributed by atoms with Gasteiger partial charge in [-0.25, -0.2) is 4.39 Å². The minimum atomic E-state index is -0.714. The van der Waals surface area contributed by atoms with Gasteiger partial charge >= 0.3 is 11.8 Å². The Hall–Kier alpha value is -3.27. The lowest BCUT2D eigenvalue weighted by atomic mass is 10.2. The highest BCUT2D eigenvalue weighted by atomic mass is 79.9. The van der Waals surface area contributed by atoms with Crippen LogP contribution in [0.15, 0.2) is 57.5 Å². The maximum Gasteiger partial charge on any atom is 0.316 e. The molecule has 0 spiro atoms. The molecule has 10 heteroatoms. The van der Waals surface area contributed by atoms with Crippen LogP contribution < -0.4 is 15.4 Å². The molecule has 0 bridgehead atoms. The third-order valence-electron chi connectivity index (χ3n) is 3.92. The summed E-state index contributed by atoms with van der Waals surface area (Å²) in [4.78, 5) is 28.1. The molecule has 0 aliphatic carbocycles. The van der Waals surface area contributed by atoms with Crippen molar-refractivity contribution in [1.29, 1.82) is 0 Å². The number of aromatic nitrogens is 2. The number of rotatable bonds is 8. The fraction of sp³-hybridized carbons (Fsp3) is 0.200. The van der Waals surface area contributed by atoms with E-state index in [0.717, 1.165) is 4.47 Å². The summed E-state index contributed by atoms with van der Waals surface area (Å²) in [6.45, 7) is 1.92. The van der Waals surface area contributed by atoms with E-state index < -0.39 is 17.8 Å². The minimum Gasteiger partial charge on any atom is -0.481 e. The monoisotopic (exact) mass is 476 g/mol. The zero-order valence-corrected chi connectivity index (χ0v) is 17.5. The molecule has 3 aromatic rings. The van der Waals surface area contributed by atoms with Crippen LogP contribution in [0, 0.1) is 5.82 Å². The molecule has 1 aromatic heterocycles. The Balaban J connectivity index is 1.43.